The molecule has 0 aromatic heterocycles. The molecule has 2 atom stereocenters. The van der Waals surface area contributed by atoms with Crippen LogP contribution < -0.4 is 5.32 Å². The summed E-state index contributed by atoms with van der Waals surface area (Å²) < 4.78 is 0. The second-order valence-corrected chi connectivity index (χ2v) is 5.29. The van der Waals surface area contributed by atoms with Crippen LogP contribution in [0, 0.1) is 5.92 Å². The van der Waals surface area contributed by atoms with Crippen LogP contribution in [0.25, 0.3) is 0 Å². The molecule has 0 amide bonds. The Hall–Kier alpha value is -0.860. The molecule has 1 heterocycles. The zero-order valence-electron chi connectivity index (χ0n) is 11.2. The third kappa shape index (κ3) is 2.70. The summed E-state index contributed by atoms with van der Waals surface area (Å²) in [7, 11) is 2.06. The Morgan fingerprint density at radius 1 is 1.29 bits per heavy atom. The molecule has 1 aromatic rings. The molecular formula is C15H24N2. The van der Waals surface area contributed by atoms with E-state index in [-0.39, 0.29) is 0 Å². The first kappa shape index (κ1) is 12.6. The molecule has 0 bridgehead atoms. The predicted octanol–water partition coefficient (Wildman–Crippen LogP) is 2.68. The largest absolute Gasteiger partial charge is 0.319 e. The minimum atomic E-state index is 0.587. The van der Waals surface area contributed by atoms with Crippen molar-refractivity contribution in [2.45, 2.75) is 32.4 Å². The number of nitrogens with one attached hydrogen (secondary N) is 1. The van der Waals surface area contributed by atoms with E-state index in [1.54, 1.807) is 0 Å². The predicted molar refractivity (Wildman–Crippen MR) is 73.1 cm³/mol. The van der Waals surface area contributed by atoms with Crippen molar-refractivity contribution in [1.82, 2.24) is 10.2 Å². The summed E-state index contributed by atoms with van der Waals surface area (Å²) in [4.78, 5) is 2.64. The highest BCUT2D eigenvalue weighted by molar-refractivity contribution is 5.21. The van der Waals surface area contributed by atoms with Crippen molar-refractivity contribution < 1.29 is 0 Å². The highest BCUT2D eigenvalue weighted by atomic mass is 15.2. The van der Waals surface area contributed by atoms with Crippen LogP contribution in [0.15, 0.2) is 30.3 Å². The molecule has 1 fully saturated rings. The lowest BCUT2D eigenvalue weighted by Gasteiger charge is -2.31. The summed E-state index contributed by atoms with van der Waals surface area (Å²) in [6, 6.07) is 12.2. The van der Waals surface area contributed by atoms with Gasteiger partial charge in [-0.15, -0.1) is 0 Å². The Morgan fingerprint density at radius 3 is 2.59 bits per heavy atom. The first-order valence-electron chi connectivity index (χ1n) is 6.69. The number of hydrogen-bond donors (Lipinski definition) is 1. The average Bonchev–Trinajstić information content (AvgIpc) is 2.74. The van der Waals surface area contributed by atoms with Crippen LogP contribution in [0.3, 0.4) is 0 Å². The maximum absolute atomic E-state index is 3.34. The second-order valence-electron chi connectivity index (χ2n) is 5.29. The van der Waals surface area contributed by atoms with E-state index in [4.69, 9.17) is 0 Å². The molecule has 0 aliphatic carbocycles. The Labute approximate surface area is 105 Å². The summed E-state index contributed by atoms with van der Waals surface area (Å²) >= 11 is 0. The molecule has 2 rings (SSSR count). The van der Waals surface area contributed by atoms with Gasteiger partial charge in [0.15, 0.2) is 0 Å². The van der Waals surface area contributed by atoms with E-state index in [1.165, 1.54) is 18.5 Å². The first-order valence-corrected chi connectivity index (χ1v) is 6.69. The highest BCUT2D eigenvalue weighted by Crippen LogP contribution is 2.37. The molecule has 2 nitrogen and oxygen atoms in total. The number of hydrogen-bond acceptors (Lipinski definition) is 2. The molecule has 1 aliphatic rings. The molecule has 1 aliphatic heterocycles. The minimum absolute atomic E-state index is 0.587. The molecule has 94 valence electrons. The number of nitrogens with zero attached hydrogens (tertiary/aromatic N) is 1. The number of rotatable bonds is 4. The maximum Gasteiger partial charge on any atom is 0.0391 e. The van der Waals surface area contributed by atoms with Gasteiger partial charge >= 0.3 is 0 Å². The molecule has 0 radical (unpaired) electrons. The lowest BCUT2D eigenvalue weighted by atomic mass is 9.93. The molecule has 2 heteroatoms. The van der Waals surface area contributed by atoms with Crippen LogP contribution in [0.5, 0.6) is 0 Å². The van der Waals surface area contributed by atoms with Gasteiger partial charge in [-0.05, 0) is 51.9 Å². The summed E-state index contributed by atoms with van der Waals surface area (Å²) in [5.41, 5.74) is 1.47. The Kier molecular flexibility index (Phi) is 4.19. The highest BCUT2D eigenvalue weighted by Gasteiger charge is 2.35. The van der Waals surface area contributed by atoms with Crippen LogP contribution in [-0.4, -0.2) is 31.1 Å². The first-order chi connectivity index (χ1) is 8.24. The molecule has 1 N–H and O–H groups in total. The van der Waals surface area contributed by atoms with E-state index in [0.29, 0.717) is 12.1 Å². The zero-order chi connectivity index (χ0) is 12.3. The second kappa shape index (κ2) is 5.65. The Bertz CT molecular complexity index is 334. The van der Waals surface area contributed by atoms with Crippen molar-refractivity contribution >= 4 is 0 Å². The fraction of sp³-hybridized carbons (Fsp3) is 0.600. The normalized spacial score (nSPS) is 25.6. The van der Waals surface area contributed by atoms with Gasteiger partial charge in [0.05, 0.1) is 0 Å². The average molecular weight is 232 g/mol. The van der Waals surface area contributed by atoms with Gasteiger partial charge in [0, 0.05) is 12.1 Å². The number of benzene rings is 1. The van der Waals surface area contributed by atoms with E-state index in [0.717, 1.165) is 12.5 Å². The van der Waals surface area contributed by atoms with E-state index in [1.807, 2.05) is 0 Å². The molecule has 1 aromatic carbocycles. The van der Waals surface area contributed by atoms with E-state index >= 15 is 0 Å². The number of likely N-dealkylation sites (tertiary alicyclic amines) is 1. The van der Waals surface area contributed by atoms with E-state index in [2.05, 4.69) is 61.4 Å². The van der Waals surface area contributed by atoms with Crippen LogP contribution in [-0.2, 0) is 0 Å². The van der Waals surface area contributed by atoms with Crippen LogP contribution in [0.4, 0.5) is 0 Å². The van der Waals surface area contributed by atoms with Gasteiger partial charge in [0.1, 0.15) is 0 Å². The topological polar surface area (TPSA) is 15.3 Å². The van der Waals surface area contributed by atoms with Gasteiger partial charge < -0.3 is 5.32 Å². The minimum Gasteiger partial charge on any atom is -0.319 e. The lowest BCUT2D eigenvalue weighted by molar-refractivity contribution is 0.182. The maximum atomic E-state index is 3.34. The fourth-order valence-corrected chi connectivity index (χ4v) is 3.05. The molecule has 0 saturated carbocycles. The molecule has 1 saturated heterocycles. The summed E-state index contributed by atoms with van der Waals surface area (Å²) in [5, 5.41) is 3.34. The third-order valence-electron chi connectivity index (χ3n) is 3.83. The van der Waals surface area contributed by atoms with Crippen molar-refractivity contribution in [3.63, 3.8) is 0 Å². The van der Waals surface area contributed by atoms with Crippen molar-refractivity contribution in [3.8, 4) is 0 Å². The van der Waals surface area contributed by atoms with Crippen LogP contribution in [0.1, 0.15) is 31.9 Å². The lowest BCUT2D eigenvalue weighted by Crippen LogP contribution is -2.33. The monoisotopic (exact) mass is 232 g/mol. The van der Waals surface area contributed by atoms with Gasteiger partial charge in [-0.3, -0.25) is 4.90 Å². The third-order valence-corrected chi connectivity index (χ3v) is 3.83. The summed E-state index contributed by atoms with van der Waals surface area (Å²) in [6.07, 6.45) is 1.30. The van der Waals surface area contributed by atoms with E-state index in [9.17, 15) is 0 Å². The van der Waals surface area contributed by atoms with Crippen molar-refractivity contribution in [2.75, 3.05) is 20.1 Å². The smallest absolute Gasteiger partial charge is 0.0391 e. The van der Waals surface area contributed by atoms with Gasteiger partial charge in [-0.1, -0.05) is 30.3 Å². The molecule has 0 spiro atoms. The zero-order valence-corrected chi connectivity index (χ0v) is 11.2. The standard InChI is InChI=1S/C15H24N2/c1-12(2)17-10-9-14(11-16-3)15(17)13-7-5-4-6-8-13/h4-8,12,14-16H,9-11H2,1-3H3. The quantitative estimate of drug-likeness (QED) is 0.858. The molecule has 2 unspecified atom stereocenters. The molecular weight excluding hydrogens is 208 g/mol. The van der Waals surface area contributed by atoms with Gasteiger partial charge in [0.25, 0.3) is 0 Å². The summed E-state index contributed by atoms with van der Waals surface area (Å²) in [6.45, 7) is 6.95. The van der Waals surface area contributed by atoms with Crippen molar-refractivity contribution in [3.05, 3.63) is 35.9 Å². The Morgan fingerprint density at radius 2 is 2.00 bits per heavy atom. The Balaban J connectivity index is 2.23. The fourth-order valence-electron chi connectivity index (χ4n) is 3.05. The SMILES string of the molecule is CNCC1CCN(C(C)C)C1c1ccccc1. The molecule has 17 heavy (non-hydrogen) atoms. The van der Waals surface area contributed by atoms with Crippen LogP contribution >= 0.6 is 0 Å². The van der Waals surface area contributed by atoms with Crippen LogP contribution in [0.2, 0.25) is 0 Å². The van der Waals surface area contributed by atoms with Gasteiger partial charge in [0.2, 0.25) is 0 Å². The van der Waals surface area contributed by atoms with Gasteiger partial charge in [-0.2, -0.15) is 0 Å². The van der Waals surface area contributed by atoms with Crippen molar-refractivity contribution in [2.24, 2.45) is 5.92 Å². The van der Waals surface area contributed by atoms with E-state index < -0.39 is 0 Å². The summed E-state index contributed by atoms with van der Waals surface area (Å²) in [5.74, 6) is 0.741. The van der Waals surface area contributed by atoms with Crippen molar-refractivity contribution in [1.29, 1.82) is 0 Å². The van der Waals surface area contributed by atoms with Gasteiger partial charge in [-0.25, -0.2) is 0 Å².